The number of nitrogens with one attached hydrogen (secondary N) is 1. The lowest BCUT2D eigenvalue weighted by Gasteiger charge is -2.13. The van der Waals surface area contributed by atoms with Crippen molar-refractivity contribution >= 4 is 11.9 Å². The van der Waals surface area contributed by atoms with Gasteiger partial charge in [-0.05, 0) is 23.6 Å². The van der Waals surface area contributed by atoms with E-state index in [2.05, 4.69) is 5.32 Å². The van der Waals surface area contributed by atoms with Gasteiger partial charge in [0.2, 0.25) is 0 Å². The highest BCUT2D eigenvalue weighted by molar-refractivity contribution is 6.04. The number of hydrogen-bond acceptors (Lipinski definition) is 2. The second kappa shape index (κ2) is 6.70. The van der Waals surface area contributed by atoms with E-state index in [1.54, 1.807) is 12.1 Å². The number of carboxylic acids is 1. The molecular formula is C17H17NO3. The predicted molar refractivity (Wildman–Crippen MR) is 80.6 cm³/mol. The highest BCUT2D eigenvalue weighted by Crippen LogP contribution is 2.14. The van der Waals surface area contributed by atoms with Crippen molar-refractivity contribution < 1.29 is 14.7 Å². The fourth-order valence-electron chi connectivity index (χ4n) is 2.11. The molecule has 21 heavy (non-hydrogen) atoms. The molecule has 0 aliphatic carbocycles. The summed E-state index contributed by atoms with van der Waals surface area (Å²) >= 11 is 0. The van der Waals surface area contributed by atoms with E-state index >= 15 is 0 Å². The van der Waals surface area contributed by atoms with Crippen molar-refractivity contribution in [2.75, 3.05) is 6.54 Å². The van der Waals surface area contributed by atoms with Crippen molar-refractivity contribution in [2.45, 2.75) is 12.8 Å². The number of benzene rings is 2. The molecule has 0 aliphatic rings. The minimum atomic E-state index is -1.10. The molecule has 0 radical (unpaired) electrons. The molecule has 4 nitrogen and oxygen atoms in total. The Balaban J connectivity index is 2.04. The highest BCUT2D eigenvalue weighted by Gasteiger charge is 2.16. The standard InChI is InChI=1S/C17H17NO3/c1-12(13-7-3-2-4-8-13)11-18-16(19)14-9-5-6-10-15(14)17(20)21/h2-10,12H,11H2,1H3,(H,18,19)(H,20,21)/t12-/m0/s1. The zero-order valence-electron chi connectivity index (χ0n) is 11.7. The fraction of sp³-hybridized carbons (Fsp3) is 0.176. The third-order valence-electron chi connectivity index (χ3n) is 3.34. The minimum Gasteiger partial charge on any atom is -0.478 e. The topological polar surface area (TPSA) is 66.4 Å². The van der Waals surface area contributed by atoms with Crippen LogP contribution in [0.1, 0.15) is 39.1 Å². The van der Waals surface area contributed by atoms with Gasteiger partial charge in [0.05, 0.1) is 11.1 Å². The maximum atomic E-state index is 12.1. The molecule has 0 fully saturated rings. The lowest BCUT2D eigenvalue weighted by molar-refractivity contribution is 0.0691. The van der Waals surface area contributed by atoms with E-state index in [4.69, 9.17) is 5.11 Å². The number of aromatic carboxylic acids is 1. The summed E-state index contributed by atoms with van der Waals surface area (Å²) in [6.07, 6.45) is 0. The number of carboxylic acid groups (broad SMARTS) is 1. The molecule has 0 saturated heterocycles. The van der Waals surface area contributed by atoms with Gasteiger partial charge < -0.3 is 10.4 Å². The van der Waals surface area contributed by atoms with Crippen LogP contribution in [-0.2, 0) is 0 Å². The molecule has 108 valence electrons. The molecule has 0 heterocycles. The molecule has 2 aromatic rings. The summed E-state index contributed by atoms with van der Waals surface area (Å²) in [7, 11) is 0. The second-order valence-corrected chi connectivity index (χ2v) is 4.87. The van der Waals surface area contributed by atoms with Gasteiger partial charge in [0.15, 0.2) is 0 Å². The molecule has 0 bridgehead atoms. The third-order valence-corrected chi connectivity index (χ3v) is 3.34. The molecule has 2 N–H and O–H groups in total. The van der Waals surface area contributed by atoms with E-state index in [9.17, 15) is 9.59 Å². The van der Waals surface area contributed by atoms with E-state index < -0.39 is 5.97 Å². The normalized spacial score (nSPS) is 11.7. The Kier molecular flexibility index (Phi) is 4.72. The Hall–Kier alpha value is -2.62. The van der Waals surface area contributed by atoms with E-state index in [0.29, 0.717) is 6.54 Å². The van der Waals surface area contributed by atoms with Crippen LogP contribution < -0.4 is 5.32 Å². The maximum absolute atomic E-state index is 12.1. The summed E-state index contributed by atoms with van der Waals surface area (Å²) in [5.41, 5.74) is 1.33. The average molecular weight is 283 g/mol. The SMILES string of the molecule is C[C@@H](CNC(=O)c1ccccc1C(=O)O)c1ccccc1. The molecule has 4 heteroatoms. The first-order valence-electron chi connectivity index (χ1n) is 6.75. The van der Waals surface area contributed by atoms with Gasteiger partial charge in [-0.15, -0.1) is 0 Å². The van der Waals surface area contributed by atoms with Crippen LogP contribution in [0.15, 0.2) is 54.6 Å². The van der Waals surface area contributed by atoms with Gasteiger partial charge in [-0.2, -0.15) is 0 Å². The lowest BCUT2D eigenvalue weighted by Crippen LogP contribution is -2.28. The van der Waals surface area contributed by atoms with E-state index in [1.165, 1.54) is 12.1 Å². The predicted octanol–water partition coefficient (Wildman–Crippen LogP) is 2.92. The molecule has 2 aromatic carbocycles. The van der Waals surface area contributed by atoms with Gasteiger partial charge in [0.25, 0.3) is 5.91 Å². The average Bonchev–Trinajstić information content (AvgIpc) is 2.53. The summed E-state index contributed by atoms with van der Waals surface area (Å²) in [6.45, 7) is 2.47. The molecule has 0 aromatic heterocycles. The van der Waals surface area contributed by atoms with Crippen molar-refractivity contribution in [2.24, 2.45) is 0 Å². The number of rotatable bonds is 5. The number of carbonyl (C=O) groups is 2. The summed E-state index contributed by atoms with van der Waals surface area (Å²) < 4.78 is 0. The quantitative estimate of drug-likeness (QED) is 0.886. The van der Waals surface area contributed by atoms with E-state index in [0.717, 1.165) is 5.56 Å². The summed E-state index contributed by atoms with van der Waals surface area (Å²) in [5, 5.41) is 11.9. The zero-order valence-corrected chi connectivity index (χ0v) is 11.7. The zero-order chi connectivity index (χ0) is 15.2. The van der Waals surface area contributed by atoms with Crippen LogP contribution in [0.4, 0.5) is 0 Å². The molecule has 0 unspecified atom stereocenters. The Morgan fingerprint density at radius 3 is 2.19 bits per heavy atom. The Morgan fingerprint density at radius 1 is 1.00 bits per heavy atom. The van der Waals surface area contributed by atoms with Crippen molar-refractivity contribution in [3.8, 4) is 0 Å². The molecule has 0 spiro atoms. The number of amides is 1. The Morgan fingerprint density at radius 2 is 1.57 bits per heavy atom. The van der Waals surface area contributed by atoms with Gasteiger partial charge in [-0.3, -0.25) is 4.79 Å². The molecule has 1 amide bonds. The van der Waals surface area contributed by atoms with Crippen LogP contribution in [0, 0.1) is 0 Å². The van der Waals surface area contributed by atoms with E-state index in [-0.39, 0.29) is 23.0 Å². The van der Waals surface area contributed by atoms with Crippen molar-refractivity contribution in [3.63, 3.8) is 0 Å². The lowest BCUT2D eigenvalue weighted by atomic mass is 10.0. The first-order chi connectivity index (χ1) is 10.1. The first kappa shape index (κ1) is 14.8. The van der Waals surface area contributed by atoms with E-state index in [1.807, 2.05) is 37.3 Å². The molecule has 1 atom stereocenters. The molecule has 2 rings (SSSR count). The number of carbonyl (C=O) groups excluding carboxylic acids is 1. The molecular weight excluding hydrogens is 266 g/mol. The first-order valence-corrected chi connectivity index (χ1v) is 6.75. The van der Waals surface area contributed by atoms with Gasteiger partial charge in [0, 0.05) is 6.54 Å². The van der Waals surface area contributed by atoms with Crippen LogP contribution in [0.25, 0.3) is 0 Å². The summed E-state index contributed by atoms with van der Waals surface area (Å²) in [4.78, 5) is 23.2. The van der Waals surface area contributed by atoms with Crippen LogP contribution >= 0.6 is 0 Å². The highest BCUT2D eigenvalue weighted by atomic mass is 16.4. The van der Waals surface area contributed by atoms with Gasteiger partial charge in [0.1, 0.15) is 0 Å². The van der Waals surface area contributed by atoms with Crippen LogP contribution in [0.3, 0.4) is 0 Å². The number of hydrogen-bond donors (Lipinski definition) is 2. The second-order valence-electron chi connectivity index (χ2n) is 4.87. The Bertz CT molecular complexity index is 637. The Labute approximate surface area is 123 Å². The minimum absolute atomic E-state index is 0.0161. The van der Waals surface area contributed by atoms with Crippen LogP contribution in [-0.4, -0.2) is 23.5 Å². The molecule has 0 aliphatic heterocycles. The fourth-order valence-corrected chi connectivity index (χ4v) is 2.11. The monoisotopic (exact) mass is 283 g/mol. The van der Waals surface area contributed by atoms with Crippen LogP contribution in [0.5, 0.6) is 0 Å². The summed E-state index contributed by atoms with van der Waals surface area (Å²) in [6, 6.07) is 16.1. The van der Waals surface area contributed by atoms with Crippen molar-refractivity contribution in [1.29, 1.82) is 0 Å². The smallest absolute Gasteiger partial charge is 0.336 e. The molecule has 0 saturated carbocycles. The van der Waals surface area contributed by atoms with Crippen LogP contribution in [0.2, 0.25) is 0 Å². The largest absolute Gasteiger partial charge is 0.478 e. The van der Waals surface area contributed by atoms with Gasteiger partial charge in [-0.1, -0.05) is 49.4 Å². The van der Waals surface area contributed by atoms with Gasteiger partial charge >= 0.3 is 5.97 Å². The van der Waals surface area contributed by atoms with Crippen molar-refractivity contribution in [1.82, 2.24) is 5.32 Å². The van der Waals surface area contributed by atoms with Crippen molar-refractivity contribution in [3.05, 3.63) is 71.3 Å². The summed E-state index contributed by atoms with van der Waals surface area (Å²) in [5.74, 6) is -1.31. The maximum Gasteiger partial charge on any atom is 0.336 e. The van der Waals surface area contributed by atoms with Gasteiger partial charge in [-0.25, -0.2) is 4.79 Å². The third kappa shape index (κ3) is 3.69.